The first-order chi connectivity index (χ1) is 9.69. The molecule has 4 saturated carbocycles. The SMILES string of the molecule is O=C(O)c1cnc(CC2C3CC4CC(C3)CC2C4)nc1. The molecule has 5 rings (SSSR count). The fourth-order valence-corrected chi connectivity index (χ4v) is 5.15. The fraction of sp³-hybridized carbons (Fsp3) is 0.688. The molecule has 4 bridgehead atoms. The van der Waals surface area contributed by atoms with Gasteiger partial charge >= 0.3 is 5.97 Å². The monoisotopic (exact) mass is 272 g/mol. The predicted octanol–water partition coefficient (Wildman–Crippen LogP) is 2.79. The van der Waals surface area contributed by atoms with E-state index in [1.165, 1.54) is 44.5 Å². The Morgan fingerprint density at radius 1 is 1.05 bits per heavy atom. The Hall–Kier alpha value is -1.45. The first-order valence-electron chi connectivity index (χ1n) is 7.73. The highest BCUT2D eigenvalue weighted by atomic mass is 16.4. The third kappa shape index (κ3) is 2.02. The summed E-state index contributed by atoms with van der Waals surface area (Å²) in [5.74, 6) is 4.33. The van der Waals surface area contributed by atoms with Crippen LogP contribution in [0, 0.1) is 29.6 Å². The Kier molecular flexibility index (Phi) is 2.79. The molecule has 0 radical (unpaired) electrons. The minimum atomic E-state index is -0.953. The molecule has 4 heteroatoms. The van der Waals surface area contributed by atoms with Crippen molar-refractivity contribution < 1.29 is 9.90 Å². The molecule has 0 aliphatic heterocycles. The van der Waals surface area contributed by atoms with Gasteiger partial charge in [-0.25, -0.2) is 14.8 Å². The summed E-state index contributed by atoms with van der Waals surface area (Å²) < 4.78 is 0. The summed E-state index contributed by atoms with van der Waals surface area (Å²) in [5.41, 5.74) is 0.179. The zero-order valence-electron chi connectivity index (χ0n) is 11.5. The molecular weight excluding hydrogens is 252 g/mol. The van der Waals surface area contributed by atoms with Crippen LogP contribution in [0.1, 0.15) is 48.3 Å². The first-order valence-corrected chi connectivity index (χ1v) is 7.73. The van der Waals surface area contributed by atoms with E-state index in [0.29, 0.717) is 0 Å². The third-order valence-corrected chi connectivity index (χ3v) is 5.79. The summed E-state index contributed by atoms with van der Waals surface area (Å²) in [5, 5.41) is 8.88. The molecule has 0 saturated heterocycles. The lowest BCUT2D eigenvalue weighted by Crippen LogP contribution is -2.45. The van der Waals surface area contributed by atoms with E-state index >= 15 is 0 Å². The van der Waals surface area contributed by atoms with Crippen molar-refractivity contribution in [2.45, 2.75) is 38.5 Å². The molecule has 0 aromatic carbocycles. The van der Waals surface area contributed by atoms with Gasteiger partial charge in [-0.2, -0.15) is 0 Å². The minimum absolute atomic E-state index is 0.179. The number of hydrogen-bond donors (Lipinski definition) is 1. The van der Waals surface area contributed by atoms with Crippen LogP contribution in [0.2, 0.25) is 0 Å². The Morgan fingerprint density at radius 3 is 2.10 bits per heavy atom. The van der Waals surface area contributed by atoms with Crippen molar-refractivity contribution in [3.63, 3.8) is 0 Å². The number of carboxylic acids is 1. The van der Waals surface area contributed by atoms with Crippen LogP contribution in [0.4, 0.5) is 0 Å². The second kappa shape index (κ2) is 4.54. The largest absolute Gasteiger partial charge is 0.478 e. The number of hydrogen-bond acceptors (Lipinski definition) is 3. The van der Waals surface area contributed by atoms with E-state index in [1.54, 1.807) is 0 Å². The summed E-state index contributed by atoms with van der Waals surface area (Å²) in [6.45, 7) is 0. The minimum Gasteiger partial charge on any atom is -0.478 e. The van der Waals surface area contributed by atoms with Crippen molar-refractivity contribution in [1.29, 1.82) is 0 Å². The van der Waals surface area contributed by atoms with Crippen molar-refractivity contribution in [2.24, 2.45) is 29.6 Å². The zero-order valence-corrected chi connectivity index (χ0v) is 11.5. The van der Waals surface area contributed by atoms with Crippen molar-refractivity contribution in [2.75, 3.05) is 0 Å². The standard InChI is InChI=1S/C16H20N2O2/c19-16(20)13-7-17-15(18-8-13)6-14-11-2-9-1-10(4-11)5-12(14)3-9/h7-12,14H,1-6H2,(H,19,20). The fourth-order valence-electron chi connectivity index (χ4n) is 5.15. The lowest BCUT2D eigenvalue weighted by atomic mass is 9.51. The zero-order chi connectivity index (χ0) is 13.7. The molecule has 0 amide bonds. The number of aromatic carboxylic acids is 1. The second-order valence-corrected chi connectivity index (χ2v) is 6.99. The second-order valence-electron chi connectivity index (χ2n) is 6.99. The quantitative estimate of drug-likeness (QED) is 0.919. The van der Waals surface area contributed by atoms with Gasteiger partial charge in [0.25, 0.3) is 0 Å². The van der Waals surface area contributed by atoms with Gasteiger partial charge in [0, 0.05) is 18.8 Å². The van der Waals surface area contributed by atoms with Gasteiger partial charge in [0.15, 0.2) is 0 Å². The molecule has 1 N–H and O–H groups in total. The van der Waals surface area contributed by atoms with Gasteiger partial charge in [-0.15, -0.1) is 0 Å². The summed E-state index contributed by atoms with van der Waals surface area (Å²) in [7, 11) is 0. The molecule has 1 heterocycles. The van der Waals surface area contributed by atoms with E-state index in [-0.39, 0.29) is 5.56 Å². The Balaban J connectivity index is 1.50. The van der Waals surface area contributed by atoms with E-state index in [0.717, 1.165) is 41.8 Å². The first kappa shape index (κ1) is 12.3. The number of carbonyl (C=O) groups is 1. The van der Waals surface area contributed by atoms with Crippen LogP contribution in [0.25, 0.3) is 0 Å². The summed E-state index contributed by atoms with van der Waals surface area (Å²) in [6, 6.07) is 0. The molecule has 4 aliphatic rings. The van der Waals surface area contributed by atoms with Crippen LogP contribution in [0.15, 0.2) is 12.4 Å². The summed E-state index contributed by atoms with van der Waals surface area (Å²) in [6.07, 6.45) is 10.9. The molecule has 4 fully saturated rings. The summed E-state index contributed by atoms with van der Waals surface area (Å²) in [4.78, 5) is 19.3. The molecule has 106 valence electrons. The highest BCUT2D eigenvalue weighted by Crippen LogP contribution is 2.57. The summed E-state index contributed by atoms with van der Waals surface area (Å²) >= 11 is 0. The molecule has 4 nitrogen and oxygen atoms in total. The maximum Gasteiger partial charge on any atom is 0.338 e. The van der Waals surface area contributed by atoms with Crippen molar-refractivity contribution in [3.05, 3.63) is 23.8 Å². The van der Waals surface area contributed by atoms with Crippen LogP contribution in [0.3, 0.4) is 0 Å². The van der Waals surface area contributed by atoms with Gasteiger partial charge in [-0.1, -0.05) is 0 Å². The number of nitrogens with zero attached hydrogens (tertiary/aromatic N) is 2. The lowest BCUT2D eigenvalue weighted by molar-refractivity contribution is -0.0367. The Labute approximate surface area is 118 Å². The van der Waals surface area contributed by atoms with Crippen LogP contribution < -0.4 is 0 Å². The van der Waals surface area contributed by atoms with E-state index in [9.17, 15) is 4.79 Å². The van der Waals surface area contributed by atoms with Gasteiger partial charge in [-0.05, 0) is 61.7 Å². The Morgan fingerprint density at radius 2 is 1.60 bits per heavy atom. The van der Waals surface area contributed by atoms with Crippen LogP contribution in [-0.4, -0.2) is 21.0 Å². The topological polar surface area (TPSA) is 63.1 Å². The van der Waals surface area contributed by atoms with E-state index in [4.69, 9.17) is 5.11 Å². The normalized spacial score (nSPS) is 38.1. The Bertz CT molecular complexity index is 498. The molecule has 0 spiro atoms. The van der Waals surface area contributed by atoms with Gasteiger partial charge in [0.1, 0.15) is 5.82 Å². The van der Waals surface area contributed by atoms with Crippen molar-refractivity contribution in [3.8, 4) is 0 Å². The average Bonchev–Trinajstić information content (AvgIpc) is 2.42. The molecule has 1 aromatic heterocycles. The predicted molar refractivity (Wildman–Crippen MR) is 73.2 cm³/mol. The molecule has 1 aromatic rings. The molecular formula is C16H20N2O2. The van der Waals surface area contributed by atoms with Crippen LogP contribution in [0.5, 0.6) is 0 Å². The molecule has 20 heavy (non-hydrogen) atoms. The van der Waals surface area contributed by atoms with E-state index in [2.05, 4.69) is 9.97 Å². The van der Waals surface area contributed by atoms with Crippen molar-refractivity contribution >= 4 is 5.97 Å². The highest BCUT2D eigenvalue weighted by Gasteiger charge is 2.48. The van der Waals surface area contributed by atoms with Gasteiger partial charge in [0.2, 0.25) is 0 Å². The maximum absolute atomic E-state index is 10.8. The van der Waals surface area contributed by atoms with E-state index in [1.807, 2.05) is 0 Å². The van der Waals surface area contributed by atoms with Gasteiger partial charge in [0.05, 0.1) is 5.56 Å². The molecule has 0 unspecified atom stereocenters. The van der Waals surface area contributed by atoms with Gasteiger partial charge in [-0.3, -0.25) is 0 Å². The number of carboxylic acid groups (broad SMARTS) is 1. The van der Waals surface area contributed by atoms with E-state index < -0.39 is 5.97 Å². The molecule has 4 aliphatic carbocycles. The lowest BCUT2D eigenvalue weighted by Gasteiger charge is -2.54. The van der Waals surface area contributed by atoms with Crippen molar-refractivity contribution in [1.82, 2.24) is 9.97 Å². The van der Waals surface area contributed by atoms with Gasteiger partial charge < -0.3 is 5.11 Å². The number of rotatable bonds is 3. The number of aromatic nitrogens is 2. The average molecular weight is 272 g/mol. The molecule has 0 atom stereocenters. The third-order valence-electron chi connectivity index (χ3n) is 5.79. The van der Waals surface area contributed by atoms with Crippen LogP contribution >= 0.6 is 0 Å². The van der Waals surface area contributed by atoms with Crippen LogP contribution in [-0.2, 0) is 6.42 Å². The highest BCUT2D eigenvalue weighted by molar-refractivity contribution is 5.86. The smallest absolute Gasteiger partial charge is 0.338 e. The maximum atomic E-state index is 10.8.